The summed E-state index contributed by atoms with van der Waals surface area (Å²) in [7, 11) is 0. The van der Waals surface area contributed by atoms with Crippen LogP contribution in [0.2, 0.25) is 0 Å². The summed E-state index contributed by atoms with van der Waals surface area (Å²) in [5.41, 5.74) is 0.133. The molecule has 34 heavy (non-hydrogen) atoms. The monoisotopic (exact) mass is 472 g/mol. The highest BCUT2D eigenvalue weighted by molar-refractivity contribution is 5.63. The molecule has 4 rings (SSSR count). The SMILES string of the molecule is CCOc1ccc(Nc2nc(Nc3ccc(OC4CCCCC4)cc3)ncc2C(F)(F)F)cc1. The fourth-order valence-electron chi connectivity index (χ4n) is 3.80. The van der Waals surface area contributed by atoms with Gasteiger partial charge in [0.05, 0.1) is 12.7 Å². The lowest BCUT2D eigenvalue weighted by Crippen LogP contribution is -2.19. The zero-order valence-electron chi connectivity index (χ0n) is 18.9. The first-order valence-corrected chi connectivity index (χ1v) is 11.4. The summed E-state index contributed by atoms with van der Waals surface area (Å²) >= 11 is 0. The first kappa shape index (κ1) is 23.7. The Morgan fingerprint density at radius 2 is 1.50 bits per heavy atom. The van der Waals surface area contributed by atoms with Crippen molar-refractivity contribution in [2.45, 2.75) is 51.3 Å². The minimum Gasteiger partial charge on any atom is -0.494 e. The van der Waals surface area contributed by atoms with E-state index >= 15 is 0 Å². The molecule has 0 unspecified atom stereocenters. The van der Waals surface area contributed by atoms with Crippen LogP contribution in [0.5, 0.6) is 11.5 Å². The number of nitrogens with zero attached hydrogens (tertiary/aromatic N) is 2. The first-order valence-electron chi connectivity index (χ1n) is 11.4. The molecular weight excluding hydrogens is 445 g/mol. The van der Waals surface area contributed by atoms with E-state index in [0.29, 0.717) is 23.7 Å². The Morgan fingerprint density at radius 3 is 2.12 bits per heavy atom. The van der Waals surface area contributed by atoms with E-state index in [9.17, 15) is 13.2 Å². The summed E-state index contributed by atoms with van der Waals surface area (Å²) in [5.74, 6) is 1.10. The molecule has 0 atom stereocenters. The molecule has 6 nitrogen and oxygen atoms in total. The molecule has 0 saturated heterocycles. The number of hydrogen-bond donors (Lipinski definition) is 2. The lowest BCUT2D eigenvalue weighted by atomic mass is 9.98. The summed E-state index contributed by atoms with van der Waals surface area (Å²) in [6.07, 6.45) is 2.14. The average molecular weight is 473 g/mol. The van der Waals surface area contributed by atoms with Crippen molar-refractivity contribution in [3.05, 3.63) is 60.3 Å². The molecule has 1 aromatic heterocycles. The highest BCUT2D eigenvalue weighted by atomic mass is 19.4. The van der Waals surface area contributed by atoms with Gasteiger partial charge in [-0.15, -0.1) is 0 Å². The summed E-state index contributed by atoms with van der Waals surface area (Å²) in [6.45, 7) is 2.36. The normalized spacial score (nSPS) is 14.5. The number of hydrogen-bond acceptors (Lipinski definition) is 6. The van der Waals surface area contributed by atoms with E-state index in [1.54, 1.807) is 36.4 Å². The minimum atomic E-state index is -4.61. The van der Waals surface area contributed by atoms with Gasteiger partial charge in [-0.2, -0.15) is 18.2 Å². The Hall–Kier alpha value is -3.49. The minimum absolute atomic E-state index is 0.0439. The van der Waals surface area contributed by atoms with Gasteiger partial charge in [0.2, 0.25) is 5.95 Å². The summed E-state index contributed by atoms with van der Waals surface area (Å²) in [4.78, 5) is 7.95. The molecule has 1 heterocycles. The topological polar surface area (TPSA) is 68.3 Å². The van der Waals surface area contributed by atoms with Crippen molar-refractivity contribution in [3.8, 4) is 11.5 Å². The smallest absolute Gasteiger partial charge is 0.421 e. The number of halogens is 3. The molecule has 0 amide bonds. The van der Waals surface area contributed by atoms with Gasteiger partial charge in [0.1, 0.15) is 22.9 Å². The lowest BCUT2D eigenvalue weighted by molar-refractivity contribution is -0.137. The van der Waals surface area contributed by atoms with Crippen LogP contribution in [0.15, 0.2) is 54.7 Å². The van der Waals surface area contributed by atoms with Gasteiger partial charge in [-0.05, 0) is 81.1 Å². The molecule has 2 aromatic carbocycles. The number of alkyl halides is 3. The van der Waals surface area contributed by atoms with E-state index in [1.165, 1.54) is 19.3 Å². The Labute approximate surface area is 196 Å². The molecule has 0 spiro atoms. The van der Waals surface area contributed by atoms with Crippen molar-refractivity contribution in [1.82, 2.24) is 9.97 Å². The highest BCUT2D eigenvalue weighted by Crippen LogP contribution is 2.35. The lowest BCUT2D eigenvalue weighted by Gasteiger charge is -2.23. The molecule has 1 aliphatic rings. The third-order valence-electron chi connectivity index (χ3n) is 5.49. The average Bonchev–Trinajstić information content (AvgIpc) is 2.82. The molecule has 0 bridgehead atoms. The second-order valence-electron chi connectivity index (χ2n) is 8.06. The van der Waals surface area contributed by atoms with E-state index in [1.807, 2.05) is 19.1 Å². The van der Waals surface area contributed by atoms with E-state index in [0.717, 1.165) is 24.8 Å². The zero-order valence-corrected chi connectivity index (χ0v) is 18.9. The molecule has 3 aromatic rings. The number of benzene rings is 2. The van der Waals surface area contributed by atoms with Crippen molar-refractivity contribution >= 4 is 23.1 Å². The highest BCUT2D eigenvalue weighted by Gasteiger charge is 2.35. The largest absolute Gasteiger partial charge is 0.494 e. The zero-order chi connectivity index (χ0) is 24.0. The van der Waals surface area contributed by atoms with Crippen LogP contribution < -0.4 is 20.1 Å². The standard InChI is InChI=1S/C25H27F3N4O2/c1-2-33-19-12-8-17(9-13-19)30-23-22(25(26,27)28)16-29-24(32-23)31-18-10-14-21(15-11-18)34-20-6-4-3-5-7-20/h8-16,20H,2-7H2,1H3,(H2,29,30,31,32). The van der Waals surface area contributed by atoms with E-state index in [2.05, 4.69) is 20.6 Å². The molecule has 1 aliphatic carbocycles. The Kier molecular flexibility index (Phi) is 7.40. The molecule has 9 heteroatoms. The first-order chi connectivity index (χ1) is 16.4. The van der Waals surface area contributed by atoms with Gasteiger partial charge in [0, 0.05) is 17.6 Å². The Morgan fingerprint density at radius 1 is 0.882 bits per heavy atom. The van der Waals surface area contributed by atoms with Crippen LogP contribution in [0.4, 0.5) is 36.3 Å². The summed E-state index contributed by atoms with van der Waals surface area (Å²) < 4.78 is 52.0. The van der Waals surface area contributed by atoms with Crippen LogP contribution >= 0.6 is 0 Å². The number of anilines is 4. The second-order valence-corrected chi connectivity index (χ2v) is 8.06. The number of ether oxygens (including phenoxy) is 2. The predicted molar refractivity (Wildman–Crippen MR) is 125 cm³/mol. The Bertz CT molecular complexity index is 1070. The third-order valence-corrected chi connectivity index (χ3v) is 5.49. The summed E-state index contributed by atoms with van der Waals surface area (Å²) in [6, 6.07) is 13.9. The van der Waals surface area contributed by atoms with Crippen LogP contribution in [-0.4, -0.2) is 22.7 Å². The molecule has 2 N–H and O–H groups in total. The van der Waals surface area contributed by atoms with E-state index in [4.69, 9.17) is 9.47 Å². The van der Waals surface area contributed by atoms with Crippen molar-refractivity contribution in [2.24, 2.45) is 0 Å². The predicted octanol–water partition coefficient (Wildman–Crippen LogP) is 7.09. The van der Waals surface area contributed by atoms with Crippen LogP contribution in [0.3, 0.4) is 0 Å². The quantitative estimate of drug-likeness (QED) is 0.365. The van der Waals surface area contributed by atoms with Crippen LogP contribution in [0, 0.1) is 0 Å². The second kappa shape index (κ2) is 10.6. The van der Waals surface area contributed by atoms with Gasteiger partial charge in [-0.1, -0.05) is 6.42 Å². The van der Waals surface area contributed by atoms with Gasteiger partial charge in [0.15, 0.2) is 0 Å². The molecular formula is C25H27F3N4O2. The molecule has 0 aliphatic heterocycles. The van der Waals surface area contributed by atoms with Gasteiger partial charge in [-0.25, -0.2) is 4.98 Å². The van der Waals surface area contributed by atoms with Crippen molar-refractivity contribution in [2.75, 3.05) is 17.2 Å². The molecule has 0 radical (unpaired) electrons. The number of rotatable bonds is 8. The van der Waals surface area contributed by atoms with Gasteiger partial charge in [0.25, 0.3) is 0 Å². The van der Waals surface area contributed by atoms with Gasteiger partial charge >= 0.3 is 6.18 Å². The third kappa shape index (κ3) is 6.30. The Balaban J connectivity index is 1.48. The molecule has 1 saturated carbocycles. The van der Waals surface area contributed by atoms with Crippen molar-refractivity contribution < 1.29 is 22.6 Å². The number of aromatic nitrogens is 2. The number of nitrogens with one attached hydrogen (secondary N) is 2. The van der Waals surface area contributed by atoms with E-state index in [-0.39, 0.29) is 17.9 Å². The maximum absolute atomic E-state index is 13.5. The summed E-state index contributed by atoms with van der Waals surface area (Å²) in [5, 5.41) is 5.70. The van der Waals surface area contributed by atoms with Crippen LogP contribution in [0.1, 0.15) is 44.6 Å². The molecule has 180 valence electrons. The molecule has 1 fully saturated rings. The van der Waals surface area contributed by atoms with Crippen LogP contribution in [0.25, 0.3) is 0 Å². The van der Waals surface area contributed by atoms with Gasteiger partial charge < -0.3 is 20.1 Å². The van der Waals surface area contributed by atoms with Crippen molar-refractivity contribution in [3.63, 3.8) is 0 Å². The maximum atomic E-state index is 13.5. The van der Waals surface area contributed by atoms with Gasteiger partial charge in [-0.3, -0.25) is 0 Å². The fourth-order valence-corrected chi connectivity index (χ4v) is 3.80. The van der Waals surface area contributed by atoms with E-state index < -0.39 is 11.7 Å². The van der Waals surface area contributed by atoms with Crippen LogP contribution in [-0.2, 0) is 6.18 Å². The fraction of sp³-hybridized carbons (Fsp3) is 0.360. The van der Waals surface area contributed by atoms with Crippen molar-refractivity contribution in [1.29, 1.82) is 0 Å². The maximum Gasteiger partial charge on any atom is 0.421 e.